The first kappa shape index (κ1) is 10.6. The molecule has 0 saturated heterocycles. The number of benzene rings is 1. The molecule has 0 amide bonds. The van der Waals surface area contributed by atoms with Gasteiger partial charge in [-0.3, -0.25) is 0 Å². The van der Waals surface area contributed by atoms with Crippen LogP contribution >= 0.6 is 0 Å². The van der Waals surface area contributed by atoms with Gasteiger partial charge in [0.05, 0.1) is 7.11 Å². The average Bonchev–Trinajstić information content (AvgIpc) is 2.19. The van der Waals surface area contributed by atoms with E-state index in [1.807, 2.05) is 30.3 Å². The van der Waals surface area contributed by atoms with Crippen LogP contribution < -0.4 is 0 Å². The van der Waals surface area contributed by atoms with Crippen LogP contribution in [0.25, 0.3) is 0 Å². The number of hydrogen-bond acceptors (Lipinski definition) is 4. The third-order valence-electron chi connectivity index (χ3n) is 1.65. The van der Waals surface area contributed by atoms with Gasteiger partial charge in [-0.25, -0.2) is 4.79 Å². The van der Waals surface area contributed by atoms with Gasteiger partial charge >= 0.3 is 13.3 Å². The van der Waals surface area contributed by atoms with Crippen LogP contribution in [0, 0.1) is 0 Å². The number of rotatable bonds is 3. The van der Waals surface area contributed by atoms with Gasteiger partial charge in [0.25, 0.3) is 0 Å². The molecule has 1 aromatic rings. The third kappa shape index (κ3) is 3.49. The van der Waals surface area contributed by atoms with E-state index in [1.165, 1.54) is 7.11 Å². The normalized spacial score (nSPS) is 9.29. The lowest BCUT2D eigenvalue weighted by atomic mass is 9.81. The van der Waals surface area contributed by atoms with Crippen molar-refractivity contribution in [2.45, 2.75) is 6.32 Å². The summed E-state index contributed by atoms with van der Waals surface area (Å²) in [6.07, 6.45) is -0.621. The quantitative estimate of drug-likeness (QED) is 0.576. The Morgan fingerprint density at radius 2 is 2.07 bits per heavy atom. The summed E-state index contributed by atoms with van der Waals surface area (Å²) >= 11 is 0. The van der Waals surface area contributed by atoms with E-state index in [0.29, 0.717) is 0 Å². The molecule has 5 heteroatoms. The topological polar surface area (TPSA) is 55.8 Å². The summed E-state index contributed by atoms with van der Waals surface area (Å²) in [5.74, 6) is 0. The molecule has 0 bridgehead atoms. The zero-order valence-corrected chi connectivity index (χ0v) is 7.84. The Hall–Kier alpha value is -1.49. The smallest absolute Gasteiger partial charge is 0.477 e. The second kappa shape index (κ2) is 5.29. The summed E-state index contributed by atoms with van der Waals surface area (Å²) in [5, 5.41) is 9.28. The summed E-state index contributed by atoms with van der Waals surface area (Å²) in [6.45, 7) is 0. The van der Waals surface area contributed by atoms with Crippen molar-refractivity contribution >= 4 is 13.3 Å². The molecule has 14 heavy (non-hydrogen) atoms. The summed E-state index contributed by atoms with van der Waals surface area (Å²) < 4.78 is 8.74. The van der Waals surface area contributed by atoms with Crippen molar-refractivity contribution in [3.63, 3.8) is 0 Å². The summed E-state index contributed by atoms with van der Waals surface area (Å²) in [5.41, 5.74) is 0.893. The van der Waals surface area contributed by atoms with Crippen LogP contribution in [0.1, 0.15) is 5.56 Å². The molecule has 0 aromatic heterocycles. The highest BCUT2D eigenvalue weighted by Crippen LogP contribution is 2.02. The summed E-state index contributed by atoms with van der Waals surface area (Å²) in [7, 11) is 0.0299. The van der Waals surface area contributed by atoms with E-state index in [9.17, 15) is 9.82 Å². The van der Waals surface area contributed by atoms with E-state index in [4.69, 9.17) is 0 Å². The van der Waals surface area contributed by atoms with Gasteiger partial charge in [0, 0.05) is 6.32 Å². The second-order valence-corrected chi connectivity index (χ2v) is 2.72. The first-order chi connectivity index (χ1) is 6.72. The zero-order chi connectivity index (χ0) is 10.4. The minimum Gasteiger partial charge on any atom is -0.477 e. The minimum absolute atomic E-state index is 0.260. The number of ether oxygens (including phenoxy) is 1. The molecule has 0 aliphatic heterocycles. The lowest BCUT2D eigenvalue weighted by Crippen LogP contribution is -2.25. The van der Waals surface area contributed by atoms with Crippen LogP contribution in [-0.4, -0.2) is 25.4 Å². The Bertz CT molecular complexity index is 288. The van der Waals surface area contributed by atoms with Crippen LogP contribution in [0.15, 0.2) is 30.3 Å². The fourth-order valence-electron chi connectivity index (χ4n) is 1.02. The Balaban J connectivity index is 2.41. The predicted octanol–water partition coefficient (Wildman–Crippen LogP) is 1.03. The molecule has 0 heterocycles. The van der Waals surface area contributed by atoms with Crippen molar-refractivity contribution in [1.29, 1.82) is 0 Å². The van der Waals surface area contributed by atoms with Gasteiger partial charge in [0.15, 0.2) is 0 Å². The van der Waals surface area contributed by atoms with Gasteiger partial charge in [-0.15, -0.1) is 0 Å². The van der Waals surface area contributed by atoms with E-state index in [1.54, 1.807) is 0 Å². The van der Waals surface area contributed by atoms with Crippen molar-refractivity contribution in [1.82, 2.24) is 0 Å². The molecular formula is C9H11BO4. The highest BCUT2D eigenvalue weighted by Gasteiger charge is 2.19. The standard InChI is InChI=1S/C9H11BO4/c1-13-9(11)14-10(12)7-8-5-3-2-4-6-8/h2-6,12H,7H2,1H3. The fourth-order valence-corrected chi connectivity index (χ4v) is 1.02. The molecule has 0 fully saturated rings. The largest absolute Gasteiger partial charge is 0.531 e. The average molecular weight is 194 g/mol. The second-order valence-electron chi connectivity index (χ2n) is 2.72. The maximum absolute atomic E-state index is 10.6. The number of methoxy groups -OCH3 is 1. The first-order valence-electron chi connectivity index (χ1n) is 4.19. The van der Waals surface area contributed by atoms with E-state index in [-0.39, 0.29) is 6.32 Å². The molecule has 0 saturated carbocycles. The molecule has 1 N–H and O–H groups in total. The van der Waals surface area contributed by atoms with E-state index < -0.39 is 13.3 Å². The van der Waals surface area contributed by atoms with E-state index in [0.717, 1.165) is 5.56 Å². The third-order valence-corrected chi connectivity index (χ3v) is 1.65. The molecule has 0 unspecified atom stereocenters. The van der Waals surface area contributed by atoms with Crippen molar-refractivity contribution in [3.05, 3.63) is 35.9 Å². The molecule has 0 aliphatic carbocycles. The molecule has 0 aliphatic rings. The van der Waals surface area contributed by atoms with Gasteiger partial charge in [-0.1, -0.05) is 30.3 Å². The van der Waals surface area contributed by atoms with Gasteiger partial charge in [-0.2, -0.15) is 0 Å². The molecule has 4 nitrogen and oxygen atoms in total. The van der Waals surface area contributed by atoms with Gasteiger partial charge in [-0.05, 0) is 5.56 Å². The SMILES string of the molecule is COC(=O)OB(O)Cc1ccccc1. The highest BCUT2D eigenvalue weighted by atomic mass is 16.7. The van der Waals surface area contributed by atoms with Crippen molar-refractivity contribution < 1.29 is 19.2 Å². The molecule has 74 valence electrons. The monoisotopic (exact) mass is 194 g/mol. The van der Waals surface area contributed by atoms with Crippen molar-refractivity contribution in [2.24, 2.45) is 0 Å². The van der Waals surface area contributed by atoms with E-state index >= 15 is 0 Å². The first-order valence-corrected chi connectivity index (χ1v) is 4.19. The molecule has 0 atom stereocenters. The van der Waals surface area contributed by atoms with E-state index in [2.05, 4.69) is 9.39 Å². The molecular weight excluding hydrogens is 183 g/mol. The molecule has 0 spiro atoms. The molecule has 1 aromatic carbocycles. The predicted molar refractivity (Wildman–Crippen MR) is 51.6 cm³/mol. The van der Waals surface area contributed by atoms with Crippen LogP contribution in [0.2, 0.25) is 0 Å². The Morgan fingerprint density at radius 3 is 2.64 bits per heavy atom. The van der Waals surface area contributed by atoms with Crippen molar-refractivity contribution in [3.8, 4) is 0 Å². The van der Waals surface area contributed by atoms with Crippen LogP contribution in [0.4, 0.5) is 4.79 Å². The number of carbonyl (C=O) groups is 1. The van der Waals surface area contributed by atoms with Crippen molar-refractivity contribution in [2.75, 3.05) is 7.11 Å². The van der Waals surface area contributed by atoms with Gasteiger partial charge in [0.1, 0.15) is 0 Å². The molecule has 1 rings (SSSR count). The summed E-state index contributed by atoms with van der Waals surface area (Å²) in [4.78, 5) is 10.6. The maximum atomic E-state index is 10.6. The Kier molecular flexibility index (Phi) is 4.00. The Morgan fingerprint density at radius 1 is 1.43 bits per heavy atom. The lowest BCUT2D eigenvalue weighted by Gasteiger charge is -2.06. The summed E-state index contributed by atoms with van der Waals surface area (Å²) in [6, 6.07) is 9.24. The highest BCUT2D eigenvalue weighted by molar-refractivity contribution is 6.44. The van der Waals surface area contributed by atoms with Gasteiger partial charge < -0.3 is 14.4 Å². The van der Waals surface area contributed by atoms with Crippen LogP contribution in [0.3, 0.4) is 0 Å². The van der Waals surface area contributed by atoms with Crippen LogP contribution in [0.5, 0.6) is 0 Å². The fraction of sp³-hybridized carbons (Fsp3) is 0.222. The number of carbonyl (C=O) groups excluding carboxylic acids is 1. The zero-order valence-electron chi connectivity index (χ0n) is 7.84. The molecule has 0 radical (unpaired) electrons. The number of hydrogen-bond donors (Lipinski definition) is 1. The van der Waals surface area contributed by atoms with Gasteiger partial charge in [0.2, 0.25) is 0 Å². The van der Waals surface area contributed by atoms with Crippen LogP contribution in [-0.2, 0) is 15.7 Å². The Labute approximate surface area is 82.6 Å². The maximum Gasteiger partial charge on any atom is 0.531 e. The lowest BCUT2D eigenvalue weighted by molar-refractivity contribution is 0.113. The minimum atomic E-state index is -1.16.